The number of ketones is 1. The number of carbonyl (C=O) groups excluding carboxylic acids is 1. The van der Waals surface area contributed by atoms with Crippen molar-refractivity contribution in [2.75, 3.05) is 0 Å². The topological polar surface area (TPSA) is 37.3 Å². The van der Waals surface area contributed by atoms with E-state index in [-0.39, 0.29) is 5.92 Å². The number of hydrogen-bond donors (Lipinski definition) is 1. The minimum atomic E-state index is 0.259. The van der Waals surface area contributed by atoms with Gasteiger partial charge in [0.25, 0.3) is 0 Å². The predicted octanol–water partition coefficient (Wildman–Crippen LogP) is 4.13. The van der Waals surface area contributed by atoms with Gasteiger partial charge in [0.1, 0.15) is 5.78 Å². The van der Waals surface area contributed by atoms with E-state index >= 15 is 0 Å². The molecule has 2 heteroatoms. The summed E-state index contributed by atoms with van der Waals surface area (Å²) in [4.78, 5) is 11.9. The zero-order chi connectivity index (χ0) is 12.8. The molecular formula is C16H20O2. The van der Waals surface area contributed by atoms with Crippen molar-refractivity contribution in [3.8, 4) is 0 Å². The Balaban J connectivity index is 1.82. The summed E-state index contributed by atoms with van der Waals surface area (Å²) in [7, 11) is 0. The first-order valence-electron chi connectivity index (χ1n) is 6.73. The first-order chi connectivity index (χ1) is 8.75. The van der Waals surface area contributed by atoms with Crippen LogP contribution in [0.2, 0.25) is 0 Å². The molecule has 0 bridgehead atoms. The second-order valence-electron chi connectivity index (χ2n) is 4.99. The summed E-state index contributed by atoms with van der Waals surface area (Å²) in [5.74, 6) is 0.877. The molecule has 1 fully saturated rings. The minimum absolute atomic E-state index is 0.259. The molecule has 0 unspecified atom stereocenters. The second kappa shape index (κ2) is 6.39. The van der Waals surface area contributed by atoms with Gasteiger partial charge in [-0.05, 0) is 24.5 Å². The first-order valence-corrected chi connectivity index (χ1v) is 6.73. The Morgan fingerprint density at radius 3 is 2.50 bits per heavy atom. The highest BCUT2D eigenvalue weighted by molar-refractivity contribution is 5.81. The van der Waals surface area contributed by atoms with Gasteiger partial charge in [0.05, 0.1) is 5.76 Å². The van der Waals surface area contributed by atoms with Crippen molar-refractivity contribution >= 4 is 11.9 Å². The summed E-state index contributed by atoms with van der Waals surface area (Å²) in [6.45, 7) is 0. The van der Waals surface area contributed by atoms with Gasteiger partial charge in [-0.3, -0.25) is 4.79 Å². The minimum Gasteiger partial charge on any atom is -0.512 e. The molecule has 1 aliphatic rings. The second-order valence-corrected chi connectivity index (χ2v) is 4.99. The number of Topliss-reactive ketones (excluding diaryl/α,β-unsaturated/α-hetero) is 1. The molecule has 2 nitrogen and oxygen atoms in total. The summed E-state index contributed by atoms with van der Waals surface area (Å²) in [5.41, 5.74) is 0.975. The SMILES string of the molecule is O=C(CC/C(O)=C/c1ccccc1)C1CCCC1. The lowest BCUT2D eigenvalue weighted by Crippen LogP contribution is -2.10. The van der Waals surface area contributed by atoms with E-state index in [0.717, 1.165) is 18.4 Å². The van der Waals surface area contributed by atoms with Crippen LogP contribution >= 0.6 is 0 Å². The standard InChI is InChI=1S/C16H20O2/c17-15(12-13-6-2-1-3-7-13)10-11-16(18)14-8-4-5-9-14/h1-3,6-7,12,14,17H,4-5,8-11H2/b15-12-. The monoisotopic (exact) mass is 244 g/mol. The fraction of sp³-hybridized carbons (Fsp3) is 0.438. The van der Waals surface area contributed by atoms with E-state index < -0.39 is 0 Å². The Kier molecular flexibility index (Phi) is 4.57. The fourth-order valence-electron chi connectivity index (χ4n) is 2.52. The molecule has 0 amide bonds. The third-order valence-corrected chi connectivity index (χ3v) is 3.57. The highest BCUT2D eigenvalue weighted by atomic mass is 16.3. The molecule has 0 aromatic heterocycles. The van der Waals surface area contributed by atoms with Crippen LogP contribution in [0, 0.1) is 5.92 Å². The number of rotatable bonds is 5. The van der Waals surface area contributed by atoms with Crippen molar-refractivity contribution in [2.45, 2.75) is 38.5 Å². The number of hydrogen-bond acceptors (Lipinski definition) is 2. The van der Waals surface area contributed by atoms with E-state index in [1.807, 2.05) is 30.3 Å². The fourth-order valence-corrected chi connectivity index (χ4v) is 2.52. The van der Waals surface area contributed by atoms with E-state index in [9.17, 15) is 9.90 Å². The van der Waals surface area contributed by atoms with E-state index in [0.29, 0.717) is 24.4 Å². The number of carbonyl (C=O) groups is 1. The van der Waals surface area contributed by atoms with Gasteiger partial charge in [-0.15, -0.1) is 0 Å². The lowest BCUT2D eigenvalue weighted by molar-refractivity contribution is -0.122. The average molecular weight is 244 g/mol. The molecule has 0 atom stereocenters. The number of allylic oxidation sites excluding steroid dienone is 1. The van der Waals surface area contributed by atoms with Gasteiger partial charge in [-0.2, -0.15) is 0 Å². The number of aliphatic hydroxyl groups excluding tert-OH is 1. The van der Waals surface area contributed by atoms with Crippen molar-refractivity contribution in [3.63, 3.8) is 0 Å². The van der Waals surface area contributed by atoms with Crippen molar-refractivity contribution in [1.82, 2.24) is 0 Å². The van der Waals surface area contributed by atoms with Crippen molar-refractivity contribution < 1.29 is 9.90 Å². The molecule has 0 spiro atoms. The maximum absolute atomic E-state index is 11.9. The first kappa shape index (κ1) is 12.9. The Hall–Kier alpha value is -1.57. The van der Waals surface area contributed by atoms with Gasteiger partial charge >= 0.3 is 0 Å². The molecule has 1 saturated carbocycles. The van der Waals surface area contributed by atoms with Crippen molar-refractivity contribution in [1.29, 1.82) is 0 Å². The van der Waals surface area contributed by atoms with Crippen molar-refractivity contribution in [2.24, 2.45) is 5.92 Å². The molecule has 0 aliphatic heterocycles. The average Bonchev–Trinajstić information content (AvgIpc) is 2.91. The molecular weight excluding hydrogens is 224 g/mol. The van der Waals surface area contributed by atoms with Crippen LogP contribution in [-0.4, -0.2) is 10.9 Å². The van der Waals surface area contributed by atoms with Crippen LogP contribution in [0.25, 0.3) is 6.08 Å². The molecule has 18 heavy (non-hydrogen) atoms. The maximum atomic E-state index is 11.9. The summed E-state index contributed by atoms with van der Waals surface area (Å²) < 4.78 is 0. The quantitative estimate of drug-likeness (QED) is 0.791. The summed E-state index contributed by atoms with van der Waals surface area (Å²) in [5, 5.41) is 9.80. The Morgan fingerprint density at radius 1 is 1.17 bits per heavy atom. The van der Waals surface area contributed by atoms with Crippen molar-refractivity contribution in [3.05, 3.63) is 41.7 Å². The number of aliphatic hydroxyl groups is 1. The summed E-state index contributed by atoms with van der Waals surface area (Å²) in [6.07, 6.45) is 7.13. The molecule has 0 heterocycles. The molecule has 1 N–H and O–H groups in total. The molecule has 2 rings (SSSR count). The molecule has 0 saturated heterocycles. The largest absolute Gasteiger partial charge is 0.512 e. The number of benzene rings is 1. The third-order valence-electron chi connectivity index (χ3n) is 3.57. The normalized spacial score (nSPS) is 17.0. The zero-order valence-electron chi connectivity index (χ0n) is 10.6. The lowest BCUT2D eigenvalue weighted by Gasteiger charge is -2.07. The highest BCUT2D eigenvalue weighted by Crippen LogP contribution is 2.27. The van der Waals surface area contributed by atoms with Gasteiger partial charge in [0.15, 0.2) is 0 Å². The Morgan fingerprint density at radius 2 is 1.83 bits per heavy atom. The lowest BCUT2D eigenvalue weighted by atomic mass is 9.98. The zero-order valence-corrected chi connectivity index (χ0v) is 10.6. The van der Waals surface area contributed by atoms with E-state index in [4.69, 9.17) is 0 Å². The van der Waals surface area contributed by atoms with Gasteiger partial charge in [0.2, 0.25) is 0 Å². The summed E-state index contributed by atoms with van der Waals surface area (Å²) in [6, 6.07) is 9.69. The van der Waals surface area contributed by atoms with E-state index in [1.54, 1.807) is 6.08 Å². The Labute approximate surface area is 108 Å². The maximum Gasteiger partial charge on any atom is 0.136 e. The molecule has 96 valence electrons. The van der Waals surface area contributed by atoms with Crippen LogP contribution < -0.4 is 0 Å². The molecule has 1 aromatic rings. The van der Waals surface area contributed by atoms with E-state index in [2.05, 4.69) is 0 Å². The predicted molar refractivity (Wildman–Crippen MR) is 73.2 cm³/mol. The highest BCUT2D eigenvalue weighted by Gasteiger charge is 2.22. The molecule has 1 aliphatic carbocycles. The van der Waals surface area contributed by atoms with Crippen LogP contribution in [0.15, 0.2) is 36.1 Å². The van der Waals surface area contributed by atoms with Crippen LogP contribution in [0.1, 0.15) is 44.1 Å². The Bertz CT molecular complexity index is 414. The van der Waals surface area contributed by atoms with Gasteiger partial charge in [-0.1, -0.05) is 43.2 Å². The van der Waals surface area contributed by atoms with Crippen LogP contribution in [0.4, 0.5) is 0 Å². The van der Waals surface area contributed by atoms with Crippen LogP contribution in [-0.2, 0) is 4.79 Å². The molecule has 0 radical (unpaired) electrons. The van der Waals surface area contributed by atoms with Crippen LogP contribution in [0.5, 0.6) is 0 Å². The summed E-state index contributed by atoms with van der Waals surface area (Å²) >= 11 is 0. The van der Waals surface area contributed by atoms with Gasteiger partial charge in [-0.25, -0.2) is 0 Å². The molecule has 1 aromatic carbocycles. The van der Waals surface area contributed by atoms with Gasteiger partial charge in [0, 0.05) is 18.8 Å². The van der Waals surface area contributed by atoms with Gasteiger partial charge < -0.3 is 5.11 Å². The van der Waals surface area contributed by atoms with E-state index in [1.165, 1.54) is 12.8 Å². The third kappa shape index (κ3) is 3.73. The van der Waals surface area contributed by atoms with Crippen LogP contribution in [0.3, 0.4) is 0 Å². The smallest absolute Gasteiger partial charge is 0.136 e.